The molecule has 0 fully saturated rings. The summed E-state index contributed by atoms with van der Waals surface area (Å²) >= 11 is 6.37. The van der Waals surface area contributed by atoms with Crippen LogP contribution in [0.15, 0.2) is 79.1 Å². The van der Waals surface area contributed by atoms with Crippen LogP contribution < -0.4 is 16.0 Å². The Bertz CT molecular complexity index is 1740. The van der Waals surface area contributed by atoms with Gasteiger partial charge in [0.1, 0.15) is 5.75 Å². The molecule has 0 radical (unpaired) electrons. The summed E-state index contributed by atoms with van der Waals surface area (Å²) in [7, 11) is 0. The van der Waals surface area contributed by atoms with E-state index in [0.29, 0.717) is 40.6 Å². The van der Waals surface area contributed by atoms with Crippen LogP contribution in [0.5, 0.6) is 5.75 Å². The first kappa shape index (κ1) is 23.9. The molecule has 0 saturated carbocycles. The topological polar surface area (TPSA) is 100 Å². The van der Waals surface area contributed by atoms with Gasteiger partial charge in [0, 0.05) is 64.6 Å². The van der Waals surface area contributed by atoms with Crippen LogP contribution in [0, 0.1) is 6.92 Å². The molecule has 1 aliphatic rings. The lowest BCUT2D eigenvalue weighted by Crippen LogP contribution is -2.29. The number of aromatic hydroxyl groups is 1. The second kappa shape index (κ2) is 9.11. The molecule has 0 saturated heterocycles. The van der Waals surface area contributed by atoms with Gasteiger partial charge in [-0.1, -0.05) is 18.2 Å². The number of rotatable bonds is 4. The number of pyridine rings is 1. The average Bonchev–Trinajstić information content (AvgIpc) is 3.50. The van der Waals surface area contributed by atoms with Gasteiger partial charge in [-0.25, -0.2) is 0 Å². The van der Waals surface area contributed by atoms with E-state index < -0.39 is 0 Å². The summed E-state index contributed by atoms with van der Waals surface area (Å²) < 4.78 is 1.84. The van der Waals surface area contributed by atoms with Gasteiger partial charge in [-0.05, 0) is 65.9 Å². The normalized spacial score (nSPS) is 14.7. The molecule has 4 N–H and O–H groups in total. The number of carbonyl (C=O) groups excluding carboxylic acids is 2. The molecule has 0 aliphatic carbocycles. The van der Waals surface area contributed by atoms with Crippen LogP contribution in [0.25, 0.3) is 16.3 Å². The Morgan fingerprint density at radius 2 is 1.87 bits per heavy atom. The number of amides is 2. The number of aryl methyl sites for hydroxylation is 1. The third-order valence-corrected chi connectivity index (χ3v) is 7.55. The first-order valence-corrected chi connectivity index (χ1v) is 12.8. The Kier molecular flexibility index (Phi) is 5.73. The predicted molar refractivity (Wildman–Crippen MR) is 152 cm³/mol. The molecule has 190 valence electrons. The monoisotopic (exact) mass is 524 g/mol. The van der Waals surface area contributed by atoms with Crippen LogP contribution in [-0.4, -0.2) is 33.7 Å². The van der Waals surface area contributed by atoms with Crippen molar-refractivity contribution in [3.05, 3.63) is 101 Å². The van der Waals surface area contributed by atoms with Crippen molar-refractivity contribution in [1.29, 1.82) is 0 Å². The third-order valence-electron chi connectivity index (χ3n) is 7.18. The second-order valence-electron chi connectivity index (χ2n) is 9.65. The van der Waals surface area contributed by atoms with Gasteiger partial charge < -0.3 is 25.5 Å². The smallest absolute Gasteiger partial charge is 0.259 e. The molecule has 38 heavy (non-hydrogen) atoms. The van der Waals surface area contributed by atoms with Crippen LogP contribution >= 0.6 is 11.6 Å². The Labute approximate surface area is 224 Å². The van der Waals surface area contributed by atoms with E-state index in [9.17, 15) is 14.7 Å². The standard InChI is InChI=1S/C30H25ClN4O3/c1-17-3-2-4-24-26(36)13-25-28(27(17)24)20(14-31)16-35(25)30(38)19-11-23-12-22(9-10-34(23)15-19)33-29(37)18-5-7-21(32)8-6-18/h2-13,15,20,36H,14,16,32H2,1H3,(H,33,37)/t20-/m1/s1. The summed E-state index contributed by atoms with van der Waals surface area (Å²) in [5.74, 6) is 0.0217. The van der Waals surface area contributed by atoms with Gasteiger partial charge in [-0.15, -0.1) is 11.6 Å². The Morgan fingerprint density at radius 3 is 2.63 bits per heavy atom. The van der Waals surface area contributed by atoms with Gasteiger partial charge in [0.2, 0.25) is 0 Å². The van der Waals surface area contributed by atoms with Crippen LogP contribution in [0.3, 0.4) is 0 Å². The molecule has 0 spiro atoms. The minimum absolute atomic E-state index is 0.0491. The number of nitrogens with zero attached hydrogens (tertiary/aromatic N) is 2. The predicted octanol–water partition coefficient (Wildman–Crippen LogP) is 5.92. The summed E-state index contributed by atoms with van der Waals surface area (Å²) in [5, 5.41) is 15.4. The fraction of sp³-hybridized carbons (Fsp3) is 0.133. The van der Waals surface area contributed by atoms with Crippen LogP contribution in [-0.2, 0) is 0 Å². The van der Waals surface area contributed by atoms with Crippen molar-refractivity contribution in [2.75, 3.05) is 28.4 Å². The van der Waals surface area contributed by atoms with Gasteiger partial charge in [-0.2, -0.15) is 0 Å². The van der Waals surface area contributed by atoms with Crippen LogP contribution in [0.2, 0.25) is 0 Å². The van der Waals surface area contributed by atoms with Crippen molar-refractivity contribution in [1.82, 2.24) is 4.40 Å². The first-order valence-electron chi connectivity index (χ1n) is 12.3. The van der Waals surface area contributed by atoms with Gasteiger partial charge in [0.15, 0.2) is 0 Å². The first-order chi connectivity index (χ1) is 18.3. The highest BCUT2D eigenvalue weighted by molar-refractivity contribution is 6.19. The number of nitrogen functional groups attached to an aromatic ring is 1. The lowest BCUT2D eigenvalue weighted by Gasteiger charge is -2.18. The molecule has 7 nitrogen and oxygen atoms in total. The van der Waals surface area contributed by atoms with E-state index in [1.165, 1.54) is 0 Å². The molecule has 8 heteroatoms. The third kappa shape index (κ3) is 3.92. The summed E-state index contributed by atoms with van der Waals surface area (Å²) in [4.78, 5) is 28.1. The maximum atomic E-state index is 13.8. The average molecular weight is 525 g/mol. The van der Waals surface area contributed by atoms with Crippen molar-refractivity contribution in [2.45, 2.75) is 12.8 Å². The number of anilines is 3. The van der Waals surface area contributed by atoms with Crippen molar-refractivity contribution in [3.63, 3.8) is 0 Å². The number of fused-ring (bicyclic) bond motifs is 4. The number of aromatic nitrogens is 1. The van der Waals surface area contributed by atoms with E-state index in [0.717, 1.165) is 27.4 Å². The number of benzene rings is 3. The largest absolute Gasteiger partial charge is 0.507 e. The summed E-state index contributed by atoms with van der Waals surface area (Å²) in [6, 6.07) is 19.5. The fourth-order valence-corrected chi connectivity index (χ4v) is 5.57. The zero-order valence-corrected chi connectivity index (χ0v) is 21.4. The Morgan fingerprint density at radius 1 is 1.08 bits per heavy atom. The zero-order chi connectivity index (χ0) is 26.6. The highest BCUT2D eigenvalue weighted by Crippen LogP contribution is 2.46. The number of halogens is 1. The van der Waals surface area contributed by atoms with E-state index in [1.807, 2.05) is 35.6 Å². The van der Waals surface area contributed by atoms with Crippen molar-refractivity contribution in [2.24, 2.45) is 0 Å². The molecular formula is C30H25ClN4O3. The summed E-state index contributed by atoms with van der Waals surface area (Å²) in [5.41, 5.74) is 11.4. The number of alkyl halides is 1. The number of hydrogen-bond donors (Lipinski definition) is 3. The van der Waals surface area contributed by atoms with E-state index in [-0.39, 0.29) is 23.5 Å². The van der Waals surface area contributed by atoms with E-state index in [2.05, 4.69) is 5.32 Å². The van der Waals surface area contributed by atoms with E-state index in [4.69, 9.17) is 17.3 Å². The Balaban J connectivity index is 1.33. The zero-order valence-electron chi connectivity index (χ0n) is 20.6. The molecular weight excluding hydrogens is 500 g/mol. The molecule has 2 amide bonds. The number of phenols is 1. The number of hydrogen-bond acceptors (Lipinski definition) is 4. The molecule has 3 aromatic carbocycles. The minimum Gasteiger partial charge on any atom is -0.507 e. The Hall–Kier alpha value is -4.49. The van der Waals surface area contributed by atoms with Gasteiger partial charge in [-0.3, -0.25) is 9.59 Å². The van der Waals surface area contributed by atoms with E-state index >= 15 is 0 Å². The van der Waals surface area contributed by atoms with Gasteiger partial charge in [0.05, 0.1) is 11.3 Å². The molecule has 3 heterocycles. The lowest BCUT2D eigenvalue weighted by atomic mass is 9.92. The van der Waals surface area contributed by atoms with Crippen molar-refractivity contribution < 1.29 is 14.7 Å². The number of carbonyl (C=O) groups is 2. The second-order valence-corrected chi connectivity index (χ2v) is 9.95. The van der Waals surface area contributed by atoms with Crippen molar-refractivity contribution >= 4 is 56.8 Å². The SMILES string of the molecule is Cc1cccc2c(O)cc3c(c12)[C@H](CCl)CN3C(=O)c1cc2cc(NC(=O)c3ccc(N)cc3)ccn2c1. The molecule has 0 bridgehead atoms. The number of nitrogens with two attached hydrogens (primary N) is 1. The number of nitrogens with one attached hydrogen (secondary N) is 1. The van der Waals surface area contributed by atoms with Crippen LogP contribution in [0.1, 0.15) is 37.8 Å². The number of phenolic OH excluding ortho intramolecular Hbond substituents is 1. The molecule has 2 aromatic heterocycles. The highest BCUT2D eigenvalue weighted by Gasteiger charge is 2.35. The van der Waals surface area contributed by atoms with Gasteiger partial charge >= 0.3 is 0 Å². The summed E-state index contributed by atoms with van der Waals surface area (Å²) in [6.07, 6.45) is 3.57. The maximum absolute atomic E-state index is 13.8. The van der Waals surface area contributed by atoms with Gasteiger partial charge in [0.25, 0.3) is 11.8 Å². The molecule has 5 aromatic rings. The van der Waals surface area contributed by atoms with Crippen LogP contribution in [0.4, 0.5) is 17.1 Å². The quantitative estimate of drug-likeness (QED) is 0.200. The highest BCUT2D eigenvalue weighted by atomic mass is 35.5. The molecule has 0 unspecified atom stereocenters. The molecule has 6 rings (SSSR count). The molecule has 1 atom stereocenters. The minimum atomic E-state index is -0.250. The lowest BCUT2D eigenvalue weighted by molar-refractivity contribution is 0.0987. The fourth-order valence-electron chi connectivity index (χ4n) is 5.31. The molecule has 1 aliphatic heterocycles. The van der Waals surface area contributed by atoms with Crippen molar-refractivity contribution in [3.8, 4) is 5.75 Å². The summed E-state index contributed by atoms with van der Waals surface area (Å²) in [6.45, 7) is 2.43. The maximum Gasteiger partial charge on any atom is 0.259 e. The van der Waals surface area contributed by atoms with E-state index in [1.54, 1.807) is 59.8 Å².